The van der Waals surface area contributed by atoms with Crippen LogP contribution in [-0.4, -0.2) is 42.5 Å². The summed E-state index contributed by atoms with van der Waals surface area (Å²) in [6, 6.07) is 12.7. The van der Waals surface area contributed by atoms with E-state index < -0.39 is 6.04 Å². The van der Waals surface area contributed by atoms with Gasteiger partial charge in [-0.05, 0) is 77.0 Å². The fourth-order valence-electron chi connectivity index (χ4n) is 3.28. The lowest BCUT2D eigenvalue weighted by molar-refractivity contribution is -0.142. The molecule has 0 saturated carbocycles. The molecule has 7 heteroatoms. The largest absolute Gasteiger partial charge is 0.497 e. The number of hydrogen-bond donors (Lipinski definition) is 1. The van der Waals surface area contributed by atoms with Crippen LogP contribution in [0.2, 0.25) is 0 Å². The summed E-state index contributed by atoms with van der Waals surface area (Å²) < 4.78 is 11.9. The summed E-state index contributed by atoms with van der Waals surface area (Å²) in [5.41, 5.74) is 2.06. The van der Waals surface area contributed by atoms with E-state index in [-0.39, 0.29) is 36.4 Å². The number of methoxy groups -OCH3 is 1. The lowest BCUT2D eigenvalue weighted by atomic mass is 9.87. The van der Waals surface area contributed by atoms with Crippen LogP contribution in [0, 0.1) is 0 Å². The van der Waals surface area contributed by atoms with Crippen molar-refractivity contribution in [2.75, 3.05) is 13.7 Å². The fourth-order valence-corrected chi connectivity index (χ4v) is 3.78. The molecule has 2 aromatic rings. The molecule has 0 heterocycles. The van der Waals surface area contributed by atoms with Gasteiger partial charge in [-0.2, -0.15) is 0 Å². The summed E-state index contributed by atoms with van der Waals surface area (Å²) in [5.74, 6) is 0.861. The van der Waals surface area contributed by atoms with E-state index >= 15 is 0 Å². The molecule has 0 aliphatic carbocycles. The van der Waals surface area contributed by atoms with Crippen LogP contribution >= 0.6 is 15.9 Å². The maximum Gasteiger partial charge on any atom is 0.261 e. The Balaban J connectivity index is 2.19. The zero-order valence-corrected chi connectivity index (χ0v) is 22.9. The first-order valence-electron chi connectivity index (χ1n) is 11.6. The number of amides is 2. The van der Waals surface area contributed by atoms with Crippen LogP contribution in [0.25, 0.3) is 0 Å². The first-order chi connectivity index (χ1) is 16.0. The Hall–Kier alpha value is -2.54. The van der Waals surface area contributed by atoms with E-state index in [2.05, 4.69) is 42.0 Å². The van der Waals surface area contributed by atoms with Gasteiger partial charge in [-0.15, -0.1) is 0 Å². The number of carbonyl (C=O) groups is 2. The number of nitrogens with zero attached hydrogens (tertiary/aromatic N) is 1. The Kier molecular flexibility index (Phi) is 9.98. The predicted octanol–water partition coefficient (Wildman–Crippen LogP) is 5.47. The number of benzene rings is 2. The minimum absolute atomic E-state index is 0.00442. The van der Waals surface area contributed by atoms with Gasteiger partial charge in [0.1, 0.15) is 17.5 Å². The van der Waals surface area contributed by atoms with Gasteiger partial charge in [0.05, 0.1) is 11.6 Å². The molecule has 0 unspecified atom stereocenters. The van der Waals surface area contributed by atoms with Crippen molar-refractivity contribution in [3.8, 4) is 11.5 Å². The summed E-state index contributed by atoms with van der Waals surface area (Å²) >= 11 is 3.56. The maximum absolute atomic E-state index is 13.3. The van der Waals surface area contributed by atoms with E-state index in [0.717, 1.165) is 27.8 Å². The maximum atomic E-state index is 13.3. The van der Waals surface area contributed by atoms with Crippen molar-refractivity contribution < 1.29 is 19.1 Å². The van der Waals surface area contributed by atoms with Crippen molar-refractivity contribution in [2.45, 2.75) is 72.0 Å². The van der Waals surface area contributed by atoms with E-state index in [9.17, 15) is 9.59 Å². The lowest BCUT2D eigenvalue weighted by Gasteiger charge is -2.29. The molecule has 186 valence electrons. The molecule has 1 N–H and O–H groups in total. The molecule has 2 amide bonds. The standard InChI is InChI=1S/C27H37BrN2O4/c1-8-18(2)29-26(32)19(3)30(16-20-9-12-22(33-7)13-10-20)25(31)17-34-24-14-11-21(15-23(24)28)27(4,5)6/h9-15,18-19H,8,16-17H2,1-7H3,(H,29,32)/t18-,19-/m0/s1. The second-order valence-electron chi connectivity index (χ2n) is 9.55. The summed E-state index contributed by atoms with van der Waals surface area (Å²) in [4.78, 5) is 27.7. The Labute approximate surface area is 212 Å². The van der Waals surface area contributed by atoms with Gasteiger partial charge in [0.15, 0.2) is 6.61 Å². The van der Waals surface area contributed by atoms with Gasteiger partial charge in [-0.3, -0.25) is 9.59 Å². The van der Waals surface area contributed by atoms with Crippen molar-refractivity contribution >= 4 is 27.7 Å². The van der Waals surface area contributed by atoms with Crippen LogP contribution in [0.5, 0.6) is 11.5 Å². The molecule has 34 heavy (non-hydrogen) atoms. The lowest BCUT2D eigenvalue weighted by Crippen LogP contribution is -2.50. The summed E-state index contributed by atoms with van der Waals surface area (Å²) in [5, 5.41) is 2.97. The molecule has 0 radical (unpaired) electrons. The molecule has 0 aliphatic heterocycles. The molecule has 2 atom stereocenters. The highest BCUT2D eigenvalue weighted by Gasteiger charge is 2.27. The summed E-state index contributed by atoms with van der Waals surface area (Å²) in [7, 11) is 1.61. The zero-order valence-electron chi connectivity index (χ0n) is 21.3. The highest BCUT2D eigenvalue weighted by Crippen LogP contribution is 2.31. The van der Waals surface area contributed by atoms with Crippen LogP contribution in [0.1, 0.15) is 59.1 Å². The minimum atomic E-state index is -0.654. The third-order valence-electron chi connectivity index (χ3n) is 5.83. The van der Waals surface area contributed by atoms with Gasteiger partial charge in [0.25, 0.3) is 5.91 Å². The Morgan fingerprint density at radius 1 is 1.09 bits per heavy atom. The number of nitrogens with one attached hydrogen (secondary N) is 1. The molecular formula is C27H37BrN2O4. The normalized spacial score (nSPS) is 13.1. The van der Waals surface area contributed by atoms with Crippen molar-refractivity contribution in [3.63, 3.8) is 0 Å². The van der Waals surface area contributed by atoms with Crippen LogP contribution < -0.4 is 14.8 Å². The van der Waals surface area contributed by atoms with E-state index in [4.69, 9.17) is 9.47 Å². The smallest absolute Gasteiger partial charge is 0.261 e. The zero-order chi connectivity index (χ0) is 25.5. The molecule has 0 aliphatic rings. The first-order valence-corrected chi connectivity index (χ1v) is 12.4. The quantitative estimate of drug-likeness (QED) is 0.440. The predicted molar refractivity (Wildman–Crippen MR) is 139 cm³/mol. The summed E-state index contributed by atoms with van der Waals surface area (Å²) in [6.07, 6.45) is 0.812. The molecule has 0 bridgehead atoms. The number of ether oxygens (including phenoxy) is 2. The third kappa shape index (κ3) is 7.76. The molecule has 0 fully saturated rings. The Morgan fingerprint density at radius 2 is 1.74 bits per heavy atom. The number of hydrogen-bond acceptors (Lipinski definition) is 4. The van der Waals surface area contributed by atoms with E-state index in [1.807, 2.05) is 56.3 Å². The Bertz CT molecular complexity index is 970. The second kappa shape index (κ2) is 12.2. The van der Waals surface area contributed by atoms with Crippen LogP contribution in [-0.2, 0) is 21.5 Å². The molecule has 2 rings (SSSR count). The Morgan fingerprint density at radius 3 is 2.26 bits per heavy atom. The number of rotatable bonds is 10. The highest BCUT2D eigenvalue weighted by molar-refractivity contribution is 9.10. The van der Waals surface area contributed by atoms with Gasteiger partial charge >= 0.3 is 0 Å². The number of carbonyl (C=O) groups excluding carboxylic acids is 2. The van der Waals surface area contributed by atoms with Gasteiger partial charge < -0.3 is 19.7 Å². The molecule has 6 nitrogen and oxygen atoms in total. The average molecular weight is 534 g/mol. The SMILES string of the molecule is CC[C@H](C)NC(=O)[C@H](C)N(Cc1ccc(OC)cc1)C(=O)COc1ccc(C(C)(C)C)cc1Br. The second-order valence-corrected chi connectivity index (χ2v) is 10.4. The number of halogens is 1. The monoisotopic (exact) mass is 532 g/mol. The third-order valence-corrected chi connectivity index (χ3v) is 6.45. The van der Waals surface area contributed by atoms with Crippen LogP contribution in [0.3, 0.4) is 0 Å². The minimum Gasteiger partial charge on any atom is -0.497 e. The van der Waals surface area contributed by atoms with E-state index in [1.165, 1.54) is 0 Å². The van der Waals surface area contributed by atoms with Gasteiger partial charge in [-0.1, -0.05) is 45.9 Å². The van der Waals surface area contributed by atoms with Gasteiger partial charge in [0.2, 0.25) is 5.91 Å². The first kappa shape index (κ1) is 27.7. The molecule has 0 aromatic heterocycles. The van der Waals surface area contributed by atoms with Crippen molar-refractivity contribution in [1.82, 2.24) is 10.2 Å². The molecule has 0 spiro atoms. The molecule has 2 aromatic carbocycles. The van der Waals surface area contributed by atoms with Crippen molar-refractivity contribution in [1.29, 1.82) is 0 Å². The molecule has 0 saturated heterocycles. The van der Waals surface area contributed by atoms with Gasteiger partial charge in [0, 0.05) is 12.6 Å². The van der Waals surface area contributed by atoms with E-state index in [0.29, 0.717) is 5.75 Å². The van der Waals surface area contributed by atoms with Crippen LogP contribution in [0.4, 0.5) is 0 Å². The summed E-state index contributed by atoms with van der Waals surface area (Å²) in [6.45, 7) is 12.2. The van der Waals surface area contributed by atoms with Crippen LogP contribution in [0.15, 0.2) is 46.9 Å². The molecular weight excluding hydrogens is 496 g/mol. The fraction of sp³-hybridized carbons (Fsp3) is 0.481. The van der Waals surface area contributed by atoms with Crippen molar-refractivity contribution in [2.24, 2.45) is 0 Å². The topological polar surface area (TPSA) is 67.9 Å². The van der Waals surface area contributed by atoms with E-state index in [1.54, 1.807) is 18.9 Å². The van der Waals surface area contributed by atoms with Crippen molar-refractivity contribution in [3.05, 3.63) is 58.1 Å². The average Bonchev–Trinajstić information content (AvgIpc) is 2.80. The van der Waals surface area contributed by atoms with Gasteiger partial charge in [-0.25, -0.2) is 0 Å². The highest BCUT2D eigenvalue weighted by atomic mass is 79.9.